The quantitative estimate of drug-likeness (QED) is 0.358. The van der Waals surface area contributed by atoms with E-state index >= 15 is 4.39 Å². The average Bonchev–Trinajstić information content (AvgIpc) is 3.48. The molecule has 0 aliphatic carbocycles. The minimum Gasteiger partial charge on any atom is -0.442 e. The lowest BCUT2D eigenvalue weighted by molar-refractivity contribution is -0.131. The van der Waals surface area contributed by atoms with Crippen LogP contribution in [0.25, 0.3) is 0 Å². The number of rotatable bonds is 8. The van der Waals surface area contributed by atoms with E-state index in [4.69, 9.17) is 10.5 Å². The van der Waals surface area contributed by atoms with E-state index in [2.05, 4.69) is 10.6 Å². The smallest absolute Gasteiger partial charge is 0.414 e. The Kier molecular flexibility index (Phi) is 8.25. The molecule has 2 saturated heterocycles. The molecule has 0 radical (unpaired) electrons. The van der Waals surface area contributed by atoms with Gasteiger partial charge in [0.2, 0.25) is 17.7 Å². The molecule has 1 atom stereocenters. The molecule has 6 amide bonds. The Balaban J connectivity index is 1.16. The van der Waals surface area contributed by atoms with Crippen LogP contribution in [-0.2, 0) is 19.1 Å². The standard InChI is InChI=1S/C28H30FN7O7/c1-16(37)31-13-19-14-35(28(42)43-19)18-3-5-23(22(29)11-18)33-6-8-34(9-7-33)25(39)15-36-26(40)20-4-2-17(32-24(38)12-30)10-21(20)27(36)41/h2-5,10-11,19H,6-9,12-15,30H2,1H3,(H,31,37)(H,32,38)/t19-/m0/s1. The summed E-state index contributed by atoms with van der Waals surface area (Å²) >= 11 is 0. The van der Waals surface area contributed by atoms with Gasteiger partial charge in [0.1, 0.15) is 18.5 Å². The highest BCUT2D eigenvalue weighted by molar-refractivity contribution is 6.23. The minimum absolute atomic E-state index is 0.0850. The van der Waals surface area contributed by atoms with Gasteiger partial charge in [-0.1, -0.05) is 0 Å². The number of nitrogens with two attached hydrogens (primary N) is 1. The number of hydrogen-bond acceptors (Lipinski definition) is 9. The molecule has 2 fully saturated rings. The third kappa shape index (κ3) is 6.11. The van der Waals surface area contributed by atoms with Crippen LogP contribution in [0.5, 0.6) is 0 Å². The molecule has 14 nitrogen and oxygen atoms in total. The molecule has 3 heterocycles. The van der Waals surface area contributed by atoms with Gasteiger partial charge < -0.3 is 30.9 Å². The van der Waals surface area contributed by atoms with Gasteiger partial charge in [0.25, 0.3) is 11.8 Å². The summed E-state index contributed by atoms with van der Waals surface area (Å²) in [4.78, 5) is 79.2. The number of carbonyl (C=O) groups is 6. The van der Waals surface area contributed by atoms with E-state index in [-0.39, 0.29) is 49.8 Å². The minimum atomic E-state index is -0.638. The van der Waals surface area contributed by atoms with Crippen molar-refractivity contribution in [3.05, 3.63) is 53.3 Å². The molecule has 43 heavy (non-hydrogen) atoms. The molecule has 0 spiro atoms. The van der Waals surface area contributed by atoms with Crippen molar-refractivity contribution < 1.29 is 37.9 Å². The second-order valence-electron chi connectivity index (χ2n) is 10.3. The summed E-state index contributed by atoms with van der Waals surface area (Å²) < 4.78 is 20.4. The molecular formula is C28H30FN7O7. The van der Waals surface area contributed by atoms with Gasteiger partial charge in [0, 0.05) is 38.8 Å². The SMILES string of the molecule is CC(=O)NC[C@H]1CN(c2ccc(N3CCN(C(=O)CN4C(=O)c5ccc(NC(=O)CN)cc5C4=O)CC3)c(F)c2)C(=O)O1. The molecule has 5 rings (SSSR count). The molecule has 2 aromatic carbocycles. The maximum Gasteiger partial charge on any atom is 0.414 e. The summed E-state index contributed by atoms with van der Waals surface area (Å²) in [5, 5.41) is 5.12. The van der Waals surface area contributed by atoms with Gasteiger partial charge in [-0.2, -0.15) is 0 Å². The summed E-state index contributed by atoms with van der Waals surface area (Å²) in [6.07, 6.45) is -1.18. The normalized spacial score (nSPS) is 18.1. The zero-order valence-corrected chi connectivity index (χ0v) is 23.3. The first kappa shape index (κ1) is 29.4. The summed E-state index contributed by atoms with van der Waals surface area (Å²) in [5.74, 6) is -2.93. The number of fused-ring (bicyclic) bond motifs is 1. The first-order valence-corrected chi connectivity index (χ1v) is 13.6. The van der Waals surface area contributed by atoms with E-state index in [1.54, 1.807) is 17.0 Å². The summed E-state index contributed by atoms with van der Waals surface area (Å²) in [5.41, 5.74) is 6.46. The largest absolute Gasteiger partial charge is 0.442 e. The zero-order chi connectivity index (χ0) is 30.8. The zero-order valence-electron chi connectivity index (χ0n) is 23.3. The van der Waals surface area contributed by atoms with E-state index in [0.717, 1.165) is 4.90 Å². The number of ether oxygens (including phenoxy) is 1. The molecule has 2 aromatic rings. The maximum absolute atomic E-state index is 15.2. The number of nitrogens with one attached hydrogen (secondary N) is 2. The Morgan fingerprint density at radius 1 is 1.00 bits per heavy atom. The molecule has 15 heteroatoms. The number of anilines is 3. The first-order chi connectivity index (χ1) is 20.5. The van der Waals surface area contributed by atoms with Gasteiger partial charge in [0.15, 0.2) is 0 Å². The van der Waals surface area contributed by atoms with Crippen molar-refractivity contribution in [3.63, 3.8) is 0 Å². The van der Waals surface area contributed by atoms with E-state index in [1.165, 1.54) is 41.0 Å². The fourth-order valence-electron chi connectivity index (χ4n) is 5.17. The third-order valence-electron chi connectivity index (χ3n) is 7.40. The van der Waals surface area contributed by atoms with E-state index in [0.29, 0.717) is 30.2 Å². The van der Waals surface area contributed by atoms with Gasteiger partial charge >= 0.3 is 6.09 Å². The molecule has 0 saturated carbocycles. The Morgan fingerprint density at radius 3 is 2.40 bits per heavy atom. The van der Waals surface area contributed by atoms with E-state index < -0.39 is 48.2 Å². The van der Waals surface area contributed by atoms with E-state index in [1.807, 2.05) is 0 Å². The molecule has 226 valence electrons. The first-order valence-electron chi connectivity index (χ1n) is 13.6. The fourth-order valence-corrected chi connectivity index (χ4v) is 5.17. The number of cyclic esters (lactones) is 1. The third-order valence-corrected chi connectivity index (χ3v) is 7.40. The lowest BCUT2D eigenvalue weighted by Crippen LogP contribution is -2.52. The van der Waals surface area contributed by atoms with Gasteiger partial charge in [0.05, 0.1) is 42.1 Å². The van der Waals surface area contributed by atoms with Gasteiger partial charge in [-0.3, -0.25) is 33.8 Å². The Bertz CT molecular complexity index is 1510. The lowest BCUT2D eigenvalue weighted by atomic mass is 10.1. The predicted octanol–water partition coefficient (Wildman–Crippen LogP) is 0.129. The van der Waals surface area contributed by atoms with Crippen LogP contribution in [0.4, 0.5) is 26.2 Å². The number of halogens is 1. The van der Waals surface area contributed by atoms with Crippen molar-refractivity contribution >= 4 is 52.7 Å². The second kappa shape index (κ2) is 12.1. The Labute approximate surface area is 245 Å². The number of nitrogens with zero attached hydrogens (tertiary/aromatic N) is 4. The second-order valence-corrected chi connectivity index (χ2v) is 10.3. The molecule has 0 bridgehead atoms. The summed E-state index contributed by atoms with van der Waals surface area (Å²) in [6.45, 7) is 2.07. The number of carbonyl (C=O) groups excluding carboxylic acids is 6. The molecule has 3 aliphatic rings. The Hall–Kier alpha value is -5.05. The number of hydrogen-bond donors (Lipinski definition) is 3. The van der Waals surface area contributed by atoms with Crippen molar-refractivity contribution in [3.8, 4) is 0 Å². The van der Waals surface area contributed by atoms with Crippen LogP contribution in [0, 0.1) is 5.82 Å². The fraction of sp³-hybridized carbons (Fsp3) is 0.357. The van der Waals surface area contributed by atoms with Gasteiger partial charge in [-0.05, 0) is 36.4 Å². The Morgan fingerprint density at radius 2 is 1.72 bits per heavy atom. The van der Waals surface area contributed by atoms with Crippen LogP contribution in [0.2, 0.25) is 0 Å². The van der Waals surface area contributed by atoms with Gasteiger partial charge in [-0.15, -0.1) is 0 Å². The highest BCUT2D eigenvalue weighted by Crippen LogP contribution is 2.29. The van der Waals surface area contributed by atoms with Crippen LogP contribution in [-0.4, -0.2) is 104 Å². The number of imide groups is 1. The topological polar surface area (TPSA) is 175 Å². The molecule has 4 N–H and O–H groups in total. The van der Waals surface area contributed by atoms with Crippen LogP contribution in [0.15, 0.2) is 36.4 Å². The molecule has 3 aliphatic heterocycles. The lowest BCUT2D eigenvalue weighted by Gasteiger charge is -2.36. The van der Waals surface area contributed by atoms with Crippen molar-refractivity contribution in [1.29, 1.82) is 0 Å². The van der Waals surface area contributed by atoms with Crippen molar-refractivity contribution in [1.82, 2.24) is 15.1 Å². The monoisotopic (exact) mass is 595 g/mol. The van der Waals surface area contributed by atoms with Crippen LogP contribution in [0.3, 0.4) is 0 Å². The van der Waals surface area contributed by atoms with E-state index in [9.17, 15) is 28.8 Å². The summed E-state index contributed by atoms with van der Waals surface area (Å²) in [7, 11) is 0. The van der Waals surface area contributed by atoms with Crippen molar-refractivity contribution in [2.45, 2.75) is 13.0 Å². The van der Waals surface area contributed by atoms with Gasteiger partial charge in [-0.25, -0.2) is 9.18 Å². The maximum atomic E-state index is 15.2. The number of benzene rings is 2. The van der Waals surface area contributed by atoms with Crippen molar-refractivity contribution in [2.75, 3.05) is 67.5 Å². The molecular weight excluding hydrogens is 565 g/mol. The summed E-state index contributed by atoms with van der Waals surface area (Å²) in [6, 6.07) is 8.68. The van der Waals surface area contributed by atoms with Crippen LogP contribution < -0.4 is 26.2 Å². The number of amides is 6. The average molecular weight is 596 g/mol. The molecule has 0 unspecified atom stereocenters. The molecule has 0 aromatic heterocycles. The van der Waals surface area contributed by atoms with Crippen molar-refractivity contribution in [2.24, 2.45) is 5.73 Å². The predicted molar refractivity (Wildman–Crippen MR) is 151 cm³/mol. The highest BCUT2D eigenvalue weighted by atomic mass is 19.1. The number of piperazine rings is 1. The highest BCUT2D eigenvalue weighted by Gasteiger charge is 2.38. The van der Waals surface area contributed by atoms with Crippen LogP contribution >= 0.6 is 0 Å². The van der Waals surface area contributed by atoms with Crippen LogP contribution in [0.1, 0.15) is 27.6 Å².